The molecule has 0 aromatic heterocycles. The molecular formula is C14H22N2O3S. The van der Waals surface area contributed by atoms with E-state index in [0.717, 1.165) is 11.3 Å². The molecule has 1 unspecified atom stereocenters. The van der Waals surface area contributed by atoms with E-state index in [4.69, 9.17) is 0 Å². The Balaban J connectivity index is 2.89. The van der Waals surface area contributed by atoms with Gasteiger partial charge in [-0.15, -0.1) is 0 Å². The van der Waals surface area contributed by atoms with E-state index in [1.165, 1.54) is 0 Å². The van der Waals surface area contributed by atoms with E-state index < -0.39 is 9.84 Å². The molecule has 1 rings (SSSR count). The second-order valence-corrected chi connectivity index (χ2v) is 7.25. The number of carbonyl (C=O) groups is 1. The Labute approximate surface area is 120 Å². The molecule has 1 amide bonds. The van der Waals surface area contributed by atoms with Gasteiger partial charge in [-0.25, -0.2) is 8.42 Å². The molecule has 1 aromatic rings. The summed E-state index contributed by atoms with van der Waals surface area (Å²) >= 11 is 0. The van der Waals surface area contributed by atoms with E-state index >= 15 is 0 Å². The minimum absolute atomic E-state index is 0.0765. The molecule has 0 fully saturated rings. The summed E-state index contributed by atoms with van der Waals surface area (Å²) in [4.78, 5) is 11.6. The summed E-state index contributed by atoms with van der Waals surface area (Å²) in [7, 11) is -1.45. The summed E-state index contributed by atoms with van der Waals surface area (Å²) in [6.07, 6.45) is 0. The van der Waals surface area contributed by atoms with Gasteiger partial charge >= 0.3 is 0 Å². The predicted molar refractivity (Wildman–Crippen MR) is 82.0 cm³/mol. The third-order valence-electron chi connectivity index (χ3n) is 3.07. The lowest BCUT2D eigenvalue weighted by Crippen LogP contribution is -2.27. The molecule has 0 bridgehead atoms. The molecule has 6 heteroatoms. The summed E-state index contributed by atoms with van der Waals surface area (Å²) in [6, 6.07) is 5.11. The van der Waals surface area contributed by atoms with Gasteiger partial charge in [0.15, 0.2) is 9.84 Å². The minimum atomic E-state index is -3.02. The van der Waals surface area contributed by atoms with Crippen LogP contribution in [0.15, 0.2) is 18.2 Å². The summed E-state index contributed by atoms with van der Waals surface area (Å²) in [6.45, 7) is 5.37. The molecule has 2 N–H and O–H groups in total. The highest BCUT2D eigenvalue weighted by Gasteiger charge is 2.15. The monoisotopic (exact) mass is 298 g/mol. The SMILES string of the molecule is CCS(=O)(=O)CC(C)Nc1cc(C(=O)NC)ccc1C. The molecule has 0 aliphatic carbocycles. The number of amides is 1. The van der Waals surface area contributed by atoms with Crippen molar-refractivity contribution in [1.82, 2.24) is 5.32 Å². The van der Waals surface area contributed by atoms with Crippen molar-refractivity contribution < 1.29 is 13.2 Å². The number of anilines is 1. The maximum absolute atomic E-state index is 11.6. The van der Waals surface area contributed by atoms with Crippen LogP contribution in [-0.2, 0) is 9.84 Å². The molecule has 20 heavy (non-hydrogen) atoms. The van der Waals surface area contributed by atoms with Gasteiger partial charge in [-0.1, -0.05) is 13.0 Å². The van der Waals surface area contributed by atoms with Gasteiger partial charge in [0.25, 0.3) is 5.91 Å². The van der Waals surface area contributed by atoms with Crippen molar-refractivity contribution in [3.63, 3.8) is 0 Å². The highest BCUT2D eigenvalue weighted by molar-refractivity contribution is 7.91. The number of rotatable bonds is 6. The van der Waals surface area contributed by atoms with E-state index in [1.54, 1.807) is 26.1 Å². The van der Waals surface area contributed by atoms with Gasteiger partial charge in [-0.05, 0) is 31.5 Å². The van der Waals surface area contributed by atoms with E-state index in [0.29, 0.717) is 5.56 Å². The molecule has 0 aliphatic heterocycles. The lowest BCUT2D eigenvalue weighted by atomic mass is 10.1. The van der Waals surface area contributed by atoms with Gasteiger partial charge in [0.1, 0.15) is 0 Å². The van der Waals surface area contributed by atoms with E-state index in [9.17, 15) is 13.2 Å². The fourth-order valence-electron chi connectivity index (χ4n) is 1.87. The molecular weight excluding hydrogens is 276 g/mol. The van der Waals surface area contributed by atoms with Gasteiger partial charge in [0.05, 0.1) is 5.75 Å². The van der Waals surface area contributed by atoms with Crippen LogP contribution >= 0.6 is 0 Å². The molecule has 5 nitrogen and oxygen atoms in total. The second kappa shape index (κ2) is 6.74. The zero-order valence-electron chi connectivity index (χ0n) is 12.4. The maximum atomic E-state index is 11.6. The van der Waals surface area contributed by atoms with Crippen LogP contribution in [0.3, 0.4) is 0 Å². The third kappa shape index (κ3) is 4.52. The number of benzene rings is 1. The lowest BCUT2D eigenvalue weighted by Gasteiger charge is -2.17. The number of nitrogens with one attached hydrogen (secondary N) is 2. The number of sulfone groups is 1. The summed E-state index contributed by atoms with van der Waals surface area (Å²) in [5.41, 5.74) is 2.30. The molecule has 1 atom stereocenters. The molecule has 112 valence electrons. The van der Waals surface area contributed by atoms with Crippen molar-refractivity contribution in [1.29, 1.82) is 0 Å². The standard InChI is InChI=1S/C14H22N2O3S/c1-5-20(18,19)9-11(3)16-13-8-12(14(17)15-4)7-6-10(13)2/h6-8,11,16H,5,9H2,1-4H3,(H,15,17). The fraction of sp³-hybridized carbons (Fsp3) is 0.500. The van der Waals surface area contributed by atoms with Gasteiger partial charge in [0.2, 0.25) is 0 Å². The van der Waals surface area contributed by atoms with Crippen LogP contribution in [0.25, 0.3) is 0 Å². The Bertz CT molecular complexity index is 582. The highest BCUT2D eigenvalue weighted by Crippen LogP contribution is 2.18. The first-order valence-corrected chi connectivity index (χ1v) is 8.41. The highest BCUT2D eigenvalue weighted by atomic mass is 32.2. The summed E-state index contributed by atoms with van der Waals surface area (Å²) in [5, 5.41) is 5.73. The van der Waals surface area contributed by atoms with Gasteiger partial charge in [-0.2, -0.15) is 0 Å². The van der Waals surface area contributed by atoms with Crippen molar-refractivity contribution in [2.75, 3.05) is 23.9 Å². The Hall–Kier alpha value is -1.56. The lowest BCUT2D eigenvalue weighted by molar-refractivity contribution is 0.0963. The maximum Gasteiger partial charge on any atom is 0.251 e. The van der Waals surface area contributed by atoms with Crippen LogP contribution in [0.2, 0.25) is 0 Å². The first-order valence-electron chi connectivity index (χ1n) is 6.58. The van der Waals surface area contributed by atoms with E-state index in [1.807, 2.05) is 19.9 Å². The number of carbonyl (C=O) groups excluding carboxylic acids is 1. The van der Waals surface area contributed by atoms with Crippen molar-refractivity contribution in [2.45, 2.75) is 26.8 Å². The quantitative estimate of drug-likeness (QED) is 0.836. The number of hydrogen-bond acceptors (Lipinski definition) is 4. The summed E-state index contributed by atoms with van der Waals surface area (Å²) < 4.78 is 23.2. The van der Waals surface area contributed by atoms with Crippen molar-refractivity contribution in [3.8, 4) is 0 Å². The van der Waals surface area contributed by atoms with Crippen LogP contribution in [0.5, 0.6) is 0 Å². The molecule has 0 radical (unpaired) electrons. The Morgan fingerprint density at radius 1 is 1.35 bits per heavy atom. The normalized spacial score (nSPS) is 12.8. The van der Waals surface area contributed by atoms with Gasteiger partial charge < -0.3 is 10.6 Å². The average molecular weight is 298 g/mol. The van der Waals surface area contributed by atoms with Crippen molar-refractivity contribution >= 4 is 21.4 Å². The Morgan fingerprint density at radius 2 is 2.00 bits per heavy atom. The van der Waals surface area contributed by atoms with E-state index in [2.05, 4.69) is 10.6 Å². The van der Waals surface area contributed by atoms with E-state index in [-0.39, 0.29) is 23.5 Å². The van der Waals surface area contributed by atoms with Crippen LogP contribution in [0, 0.1) is 6.92 Å². The third-order valence-corrected chi connectivity index (χ3v) is 4.96. The minimum Gasteiger partial charge on any atom is -0.381 e. The molecule has 0 saturated heterocycles. The molecule has 1 aromatic carbocycles. The van der Waals surface area contributed by atoms with Gasteiger partial charge in [0, 0.05) is 30.1 Å². The topological polar surface area (TPSA) is 75.3 Å². The average Bonchev–Trinajstić information content (AvgIpc) is 2.39. The number of hydrogen-bond donors (Lipinski definition) is 2. The molecule has 0 spiro atoms. The van der Waals surface area contributed by atoms with Crippen LogP contribution in [0.1, 0.15) is 29.8 Å². The van der Waals surface area contributed by atoms with Crippen molar-refractivity contribution in [3.05, 3.63) is 29.3 Å². The van der Waals surface area contributed by atoms with Crippen LogP contribution < -0.4 is 10.6 Å². The zero-order chi connectivity index (χ0) is 15.3. The molecule has 0 aliphatic rings. The Morgan fingerprint density at radius 3 is 2.55 bits per heavy atom. The fourth-order valence-corrected chi connectivity index (χ4v) is 2.95. The van der Waals surface area contributed by atoms with Crippen LogP contribution in [0.4, 0.5) is 5.69 Å². The number of aryl methyl sites for hydroxylation is 1. The summed E-state index contributed by atoms with van der Waals surface area (Å²) in [5.74, 6) is 0.0468. The first-order chi connectivity index (χ1) is 9.29. The zero-order valence-corrected chi connectivity index (χ0v) is 13.2. The second-order valence-electron chi connectivity index (χ2n) is 4.85. The molecule has 0 heterocycles. The smallest absolute Gasteiger partial charge is 0.251 e. The Kier molecular flexibility index (Phi) is 5.56. The molecule has 0 saturated carbocycles. The first kappa shape index (κ1) is 16.5. The van der Waals surface area contributed by atoms with Gasteiger partial charge in [-0.3, -0.25) is 4.79 Å². The largest absolute Gasteiger partial charge is 0.381 e. The van der Waals surface area contributed by atoms with Crippen molar-refractivity contribution in [2.24, 2.45) is 0 Å². The predicted octanol–water partition coefficient (Wildman–Crippen LogP) is 1.59. The van der Waals surface area contributed by atoms with Crippen LogP contribution in [-0.4, -0.2) is 38.9 Å².